The molecule has 40 heavy (non-hydrogen) atoms. The van der Waals surface area contributed by atoms with E-state index in [-0.39, 0.29) is 17.3 Å². The Morgan fingerprint density at radius 1 is 1.05 bits per heavy atom. The highest BCUT2D eigenvalue weighted by Gasteiger charge is 2.25. The van der Waals surface area contributed by atoms with Gasteiger partial charge in [-0.2, -0.15) is 4.31 Å². The van der Waals surface area contributed by atoms with Crippen LogP contribution >= 0.6 is 27.3 Å². The van der Waals surface area contributed by atoms with Crippen molar-refractivity contribution in [3.63, 3.8) is 0 Å². The molecule has 2 heterocycles. The highest BCUT2D eigenvalue weighted by atomic mass is 79.9. The Kier molecular flexibility index (Phi) is 9.29. The van der Waals surface area contributed by atoms with Gasteiger partial charge in [-0.15, -0.1) is 0 Å². The van der Waals surface area contributed by atoms with Crippen LogP contribution < -0.4 is 4.90 Å². The number of amides is 1. The van der Waals surface area contributed by atoms with Gasteiger partial charge in [0, 0.05) is 49.8 Å². The summed E-state index contributed by atoms with van der Waals surface area (Å²) in [6, 6.07) is 21.5. The fourth-order valence-electron chi connectivity index (χ4n) is 4.59. The van der Waals surface area contributed by atoms with Crippen molar-refractivity contribution in [3.05, 3.63) is 88.4 Å². The van der Waals surface area contributed by atoms with Crippen molar-refractivity contribution in [1.29, 1.82) is 0 Å². The lowest BCUT2D eigenvalue weighted by molar-refractivity contribution is 0.0376. The van der Waals surface area contributed by atoms with E-state index in [1.165, 1.54) is 27.8 Å². The lowest BCUT2D eigenvalue weighted by Crippen LogP contribution is -2.39. The Balaban J connectivity index is 1.35. The van der Waals surface area contributed by atoms with Crippen LogP contribution in [-0.2, 0) is 21.3 Å². The summed E-state index contributed by atoms with van der Waals surface area (Å²) in [7, 11) is -2.16. The van der Waals surface area contributed by atoms with Crippen LogP contribution in [0.2, 0.25) is 0 Å². The first-order valence-corrected chi connectivity index (χ1v) is 16.1. The highest BCUT2D eigenvalue weighted by Crippen LogP contribution is 2.32. The highest BCUT2D eigenvalue weighted by molar-refractivity contribution is 9.10. The summed E-state index contributed by atoms with van der Waals surface area (Å²) < 4.78 is 35.1. The molecule has 1 saturated heterocycles. The first kappa shape index (κ1) is 28.8. The first-order chi connectivity index (χ1) is 19.3. The van der Waals surface area contributed by atoms with Gasteiger partial charge in [0.25, 0.3) is 5.91 Å². The molecule has 0 aliphatic carbocycles. The number of halogens is 1. The second-order valence-electron chi connectivity index (χ2n) is 9.64. The van der Waals surface area contributed by atoms with Gasteiger partial charge in [-0.3, -0.25) is 14.6 Å². The van der Waals surface area contributed by atoms with Crippen molar-refractivity contribution in [2.24, 2.45) is 0 Å². The van der Waals surface area contributed by atoms with Crippen LogP contribution in [0.3, 0.4) is 0 Å². The van der Waals surface area contributed by atoms with Gasteiger partial charge in [-0.05, 0) is 54.4 Å². The van der Waals surface area contributed by atoms with Crippen LogP contribution in [-0.4, -0.2) is 75.0 Å². The Morgan fingerprint density at radius 3 is 2.50 bits per heavy atom. The van der Waals surface area contributed by atoms with Gasteiger partial charge in [-0.1, -0.05) is 57.6 Å². The zero-order chi connectivity index (χ0) is 28.1. The van der Waals surface area contributed by atoms with E-state index in [1.807, 2.05) is 48.5 Å². The fraction of sp³-hybridized carbons (Fsp3) is 0.310. The third-order valence-corrected chi connectivity index (χ3v) is 10.2. The number of carbonyl (C=O) groups excluding carboxylic acids is 1. The van der Waals surface area contributed by atoms with Crippen molar-refractivity contribution >= 4 is 58.5 Å². The topological polar surface area (TPSA) is 83.1 Å². The van der Waals surface area contributed by atoms with Crippen molar-refractivity contribution < 1.29 is 17.9 Å². The van der Waals surface area contributed by atoms with Crippen molar-refractivity contribution in [2.75, 3.05) is 51.3 Å². The van der Waals surface area contributed by atoms with Gasteiger partial charge in [0.2, 0.25) is 10.0 Å². The molecule has 11 heteroatoms. The van der Waals surface area contributed by atoms with Gasteiger partial charge < -0.3 is 4.74 Å². The molecule has 1 amide bonds. The monoisotopic (exact) mass is 642 g/mol. The van der Waals surface area contributed by atoms with Gasteiger partial charge in [0.1, 0.15) is 0 Å². The average Bonchev–Trinajstić information content (AvgIpc) is 3.39. The molecule has 0 spiro atoms. The summed E-state index contributed by atoms with van der Waals surface area (Å²) in [5.74, 6) is -0.207. The second-order valence-corrected chi connectivity index (χ2v) is 13.6. The molecule has 0 atom stereocenters. The van der Waals surface area contributed by atoms with E-state index in [1.54, 1.807) is 24.1 Å². The number of hydrogen-bond acceptors (Lipinski definition) is 7. The Bertz CT molecular complexity index is 1560. The summed E-state index contributed by atoms with van der Waals surface area (Å²) in [5, 5.41) is 0.624. The summed E-state index contributed by atoms with van der Waals surface area (Å²) in [6.45, 7) is 4.84. The number of hydrogen-bond donors (Lipinski definition) is 0. The van der Waals surface area contributed by atoms with Gasteiger partial charge in [-0.25, -0.2) is 13.4 Å². The predicted octanol–water partition coefficient (Wildman–Crippen LogP) is 5.25. The molecule has 0 radical (unpaired) electrons. The zero-order valence-corrected chi connectivity index (χ0v) is 25.4. The minimum Gasteiger partial charge on any atom is -0.379 e. The van der Waals surface area contributed by atoms with Crippen molar-refractivity contribution in [2.45, 2.75) is 17.9 Å². The first-order valence-electron chi connectivity index (χ1n) is 13.1. The normalized spacial score (nSPS) is 14.6. The molecule has 0 unspecified atom stereocenters. The zero-order valence-electron chi connectivity index (χ0n) is 22.2. The molecule has 210 valence electrons. The van der Waals surface area contributed by atoms with E-state index < -0.39 is 10.0 Å². The van der Waals surface area contributed by atoms with E-state index >= 15 is 0 Å². The lowest BCUT2D eigenvalue weighted by Gasteiger charge is -2.27. The molecule has 1 aliphatic heterocycles. The second kappa shape index (κ2) is 12.9. The van der Waals surface area contributed by atoms with Crippen LogP contribution in [0.5, 0.6) is 0 Å². The number of ether oxygens (including phenoxy) is 1. The number of benzene rings is 3. The molecule has 8 nitrogen and oxygen atoms in total. The number of morpholine rings is 1. The average molecular weight is 644 g/mol. The summed E-state index contributed by atoms with van der Waals surface area (Å²) in [5.41, 5.74) is 2.14. The maximum Gasteiger partial charge on any atom is 0.260 e. The third kappa shape index (κ3) is 6.79. The summed E-state index contributed by atoms with van der Waals surface area (Å²) in [4.78, 5) is 22.7. The van der Waals surface area contributed by atoms with Gasteiger partial charge >= 0.3 is 0 Å². The van der Waals surface area contributed by atoms with Gasteiger partial charge in [0.15, 0.2) is 5.13 Å². The van der Waals surface area contributed by atoms with E-state index in [2.05, 4.69) is 20.8 Å². The maximum atomic E-state index is 13.8. The van der Waals surface area contributed by atoms with E-state index in [9.17, 15) is 13.2 Å². The largest absolute Gasteiger partial charge is 0.379 e. The van der Waals surface area contributed by atoms with E-state index in [0.717, 1.165) is 59.5 Å². The fourth-order valence-corrected chi connectivity index (χ4v) is 7.29. The van der Waals surface area contributed by atoms with Gasteiger partial charge in [0.05, 0.1) is 28.3 Å². The van der Waals surface area contributed by atoms with Crippen LogP contribution in [0, 0.1) is 0 Å². The molecular formula is C29H31BrN4O4S2. The molecule has 0 bridgehead atoms. The van der Waals surface area contributed by atoms with E-state index in [0.29, 0.717) is 17.2 Å². The smallest absolute Gasteiger partial charge is 0.260 e. The molecule has 1 fully saturated rings. The number of sulfonamides is 1. The standard InChI is InChI=1S/C29H31BrN4O4S2/c1-32(21-22-6-3-2-4-7-22)40(36,37)25-11-8-23(9-12-25)28(35)34(15-5-14-33-16-18-38-19-17-33)29-31-26-13-10-24(30)20-27(26)39-29/h2-4,6-13,20H,5,14-19,21H2,1H3. The third-order valence-electron chi connectivity index (χ3n) is 6.83. The number of nitrogens with zero attached hydrogens (tertiary/aromatic N) is 4. The number of thiazole rings is 1. The quantitative estimate of drug-likeness (QED) is 0.235. The molecule has 3 aromatic carbocycles. The van der Waals surface area contributed by atoms with Crippen LogP contribution in [0.25, 0.3) is 10.2 Å². The minimum atomic E-state index is -3.72. The van der Waals surface area contributed by atoms with Crippen LogP contribution in [0.15, 0.2) is 82.2 Å². The number of carbonyl (C=O) groups is 1. The van der Waals surface area contributed by atoms with Crippen molar-refractivity contribution in [3.8, 4) is 0 Å². The molecule has 1 aromatic heterocycles. The minimum absolute atomic E-state index is 0.145. The Labute approximate surface area is 247 Å². The van der Waals surface area contributed by atoms with Crippen LogP contribution in [0.1, 0.15) is 22.3 Å². The van der Waals surface area contributed by atoms with Crippen LogP contribution in [0.4, 0.5) is 5.13 Å². The molecule has 0 N–H and O–H groups in total. The SMILES string of the molecule is CN(Cc1ccccc1)S(=O)(=O)c1ccc(C(=O)N(CCCN2CCOCC2)c2nc3ccc(Br)cc3s2)cc1. The molecule has 5 rings (SSSR count). The summed E-state index contributed by atoms with van der Waals surface area (Å²) in [6.07, 6.45) is 0.780. The lowest BCUT2D eigenvalue weighted by atomic mass is 10.2. The maximum absolute atomic E-state index is 13.8. The Morgan fingerprint density at radius 2 is 1.77 bits per heavy atom. The molecular weight excluding hydrogens is 612 g/mol. The number of fused-ring (bicyclic) bond motifs is 1. The molecule has 0 saturated carbocycles. The molecule has 1 aliphatic rings. The number of anilines is 1. The molecule has 4 aromatic rings. The number of aromatic nitrogens is 1. The predicted molar refractivity (Wildman–Crippen MR) is 162 cm³/mol. The van der Waals surface area contributed by atoms with Crippen molar-refractivity contribution in [1.82, 2.24) is 14.2 Å². The van der Waals surface area contributed by atoms with E-state index in [4.69, 9.17) is 9.72 Å². The Hall–Kier alpha value is -2.67. The number of rotatable bonds is 10. The summed E-state index contributed by atoms with van der Waals surface area (Å²) >= 11 is 4.98.